The smallest absolute Gasteiger partial charge is 0.326 e. The summed E-state index contributed by atoms with van der Waals surface area (Å²) in [7, 11) is 0. The molecule has 28 heavy (non-hydrogen) atoms. The first-order chi connectivity index (χ1) is 13.5. The molecule has 4 rings (SSSR count). The van der Waals surface area contributed by atoms with Crippen LogP contribution in [0.4, 0.5) is 11.4 Å². The number of hydrogen-bond donors (Lipinski definition) is 2. The van der Waals surface area contributed by atoms with Crippen molar-refractivity contribution in [3.8, 4) is 11.4 Å². The molecule has 142 valence electrons. The molecule has 0 saturated carbocycles. The van der Waals surface area contributed by atoms with Crippen LogP contribution in [-0.4, -0.2) is 28.5 Å². The van der Waals surface area contributed by atoms with Gasteiger partial charge in [-0.05, 0) is 30.3 Å². The summed E-state index contributed by atoms with van der Waals surface area (Å²) < 4.78 is 5.37. The van der Waals surface area contributed by atoms with E-state index in [4.69, 9.17) is 0 Å². The largest absolute Gasteiger partial charge is 0.439 e. The summed E-state index contributed by atoms with van der Waals surface area (Å²) in [6, 6.07) is 14.3. The molecule has 2 amide bonds. The van der Waals surface area contributed by atoms with Crippen molar-refractivity contribution in [1.82, 2.24) is 10.1 Å². The fraction of sp³-hybridized carbons (Fsp3) is 0.158. The summed E-state index contributed by atoms with van der Waals surface area (Å²) in [4.78, 5) is 40.2. The van der Waals surface area contributed by atoms with Crippen LogP contribution < -0.4 is 16.0 Å². The molecular weight excluding hydrogens is 428 g/mol. The number of aromatic amines is 1. The maximum absolute atomic E-state index is 12.7. The highest BCUT2D eigenvalue weighted by atomic mass is 79.9. The van der Waals surface area contributed by atoms with Gasteiger partial charge in [0.1, 0.15) is 0 Å². The lowest BCUT2D eigenvalue weighted by atomic mass is 10.1. The third-order valence-electron chi connectivity index (χ3n) is 4.46. The molecule has 1 unspecified atom stereocenters. The van der Waals surface area contributed by atoms with Crippen LogP contribution in [0.25, 0.3) is 11.4 Å². The summed E-state index contributed by atoms with van der Waals surface area (Å²) in [5.74, 6) is -1.16. The van der Waals surface area contributed by atoms with Gasteiger partial charge in [0, 0.05) is 34.4 Å². The van der Waals surface area contributed by atoms with Crippen LogP contribution in [-0.2, 0) is 9.59 Å². The molecule has 0 radical (unpaired) electrons. The molecule has 1 aromatic heterocycles. The highest BCUT2D eigenvalue weighted by Gasteiger charge is 2.35. The van der Waals surface area contributed by atoms with Gasteiger partial charge in [-0.1, -0.05) is 39.3 Å². The predicted octanol–water partition coefficient (Wildman–Crippen LogP) is 2.78. The number of nitrogens with zero attached hydrogens (tertiary/aromatic N) is 2. The first-order valence-electron chi connectivity index (χ1n) is 8.53. The first kappa shape index (κ1) is 18.2. The Morgan fingerprint density at radius 1 is 1.21 bits per heavy atom. The fourth-order valence-electron chi connectivity index (χ4n) is 3.12. The van der Waals surface area contributed by atoms with Crippen molar-refractivity contribution in [2.45, 2.75) is 6.42 Å². The Kier molecular flexibility index (Phi) is 4.82. The summed E-state index contributed by atoms with van der Waals surface area (Å²) in [5, 5.41) is 6.46. The minimum atomic E-state index is -0.651. The van der Waals surface area contributed by atoms with E-state index in [0.717, 1.165) is 10.2 Å². The Balaban J connectivity index is 1.47. The Labute approximate surface area is 167 Å². The number of anilines is 2. The summed E-state index contributed by atoms with van der Waals surface area (Å²) >= 11 is 3.39. The summed E-state index contributed by atoms with van der Waals surface area (Å²) in [5.41, 5.74) is 1.90. The van der Waals surface area contributed by atoms with Gasteiger partial charge in [-0.2, -0.15) is 0 Å². The standard InChI is InChI=1S/C19H15BrN4O4/c20-13-4-2-6-15(9-13)24-10-12(8-16(24)25)18(26)21-14-5-1-3-11(7-14)17-22-19(27)28-23-17/h1-7,9,12H,8,10H2,(H,21,26)(H,22,23,27). The van der Waals surface area contributed by atoms with Crippen LogP contribution in [0, 0.1) is 5.92 Å². The van der Waals surface area contributed by atoms with E-state index >= 15 is 0 Å². The number of halogens is 1. The zero-order valence-corrected chi connectivity index (χ0v) is 16.1. The number of carbonyl (C=O) groups excluding carboxylic acids is 2. The van der Waals surface area contributed by atoms with Crippen LogP contribution in [0.3, 0.4) is 0 Å². The van der Waals surface area contributed by atoms with Gasteiger partial charge in [-0.3, -0.25) is 19.1 Å². The fourth-order valence-corrected chi connectivity index (χ4v) is 3.51. The number of aromatic nitrogens is 2. The summed E-state index contributed by atoms with van der Waals surface area (Å²) in [6.07, 6.45) is 0.147. The number of amides is 2. The van der Waals surface area contributed by atoms with Crippen molar-refractivity contribution >= 4 is 39.1 Å². The van der Waals surface area contributed by atoms with Crippen molar-refractivity contribution < 1.29 is 14.1 Å². The van der Waals surface area contributed by atoms with E-state index in [2.05, 4.69) is 35.9 Å². The lowest BCUT2D eigenvalue weighted by Crippen LogP contribution is -2.28. The third kappa shape index (κ3) is 3.74. The lowest BCUT2D eigenvalue weighted by molar-refractivity contribution is -0.122. The topological polar surface area (TPSA) is 108 Å². The van der Waals surface area contributed by atoms with E-state index < -0.39 is 11.7 Å². The quantitative estimate of drug-likeness (QED) is 0.645. The van der Waals surface area contributed by atoms with E-state index in [9.17, 15) is 14.4 Å². The van der Waals surface area contributed by atoms with Crippen molar-refractivity contribution in [2.75, 3.05) is 16.8 Å². The van der Waals surface area contributed by atoms with Crippen molar-refractivity contribution in [3.05, 3.63) is 63.6 Å². The maximum Gasteiger partial charge on any atom is 0.439 e. The minimum absolute atomic E-state index is 0.0906. The zero-order valence-electron chi connectivity index (χ0n) is 14.5. The SMILES string of the molecule is O=C(Nc1cccc(-c2noc(=O)[nH]2)c1)C1CC(=O)N(c2cccc(Br)c2)C1. The normalized spacial score (nSPS) is 16.4. The number of carbonyl (C=O) groups is 2. The van der Waals surface area contributed by atoms with Gasteiger partial charge >= 0.3 is 5.76 Å². The molecule has 0 aliphatic carbocycles. The van der Waals surface area contributed by atoms with Gasteiger partial charge in [0.2, 0.25) is 11.8 Å². The van der Waals surface area contributed by atoms with Gasteiger partial charge in [-0.25, -0.2) is 4.79 Å². The van der Waals surface area contributed by atoms with Gasteiger partial charge < -0.3 is 10.2 Å². The Bertz CT molecular complexity index is 1110. The van der Waals surface area contributed by atoms with Gasteiger partial charge in [0.05, 0.1) is 5.92 Å². The second kappa shape index (κ2) is 7.43. The molecule has 0 spiro atoms. The molecule has 1 aliphatic rings. The Morgan fingerprint density at radius 2 is 2.04 bits per heavy atom. The second-order valence-electron chi connectivity index (χ2n) is 6.40. The molecule has 1 saturated heterocycles. The molecule has 1 atom stereocenters. The van der Waals surface area contributed by atoms with E-state index in [1.165, 1.54) is 0 Å². The number of H-pyrrole nitrogens is 1. The van der Waals surface area contributed by atoms with Crippen LogP contribution in [0.2, 0.25) is 0 Å². The van der Waals surface area contributed by atoms with Gasteiger partial charge in [0.25, 0.3) is 0 Å². The molecule has 2 heterocycles. The molecule has 8 nitrogen and oxygen atoms in total. The zero-order chi connectivity index (χ0) is 19.7. The average molecular weight is 443 g/mol. The predicted molar refractivity (Wildman–Crippen MR) is 106 cm³/mol. The molecule has 9 heteroatoms. The van der Waals surface area contributed by atoms with Crippen LogP contribution in [0.15, 0.2) is 62.3 Å². The van der Waals surface area contributed by atoms with Crippen molar-refractivity contribution in [2.24, 2.45) is 5.92 Å². The maximum atomic E-state index is 12.7. The van der Waals surface area contributed by atoms with E-state index in [1.807, 2.05) is 24.3 Å². The highest BCUT2D eigenvalue weighted by Crippen LogP contribution is 2.28. The van der Waals surface area contributed by atoms with Gasteiger partial charge in [0.15, 0.2) is 5.82 Å². The van der Waals surface area contributed by atoms with Crippen LogP contribution >= 0.6 is 15.9 Å². The summed E-state index contributed by atoms with van der Waals surface area (Å²) in [6.45, 7) is 0.317. The number of hydrogen-bond acceptors (Lipinski definition) is 5. The Hall–Kier alpha value is -3.20. The van der Waals surface area contributed by atoms with Crippen LogP contribution in [0.5, 0.6) is 0 Å². The molecular formula is C19H15BrN4O4. The monoisotopic (exact) mass is 442 g/mol. The van der Waals surface area contributed by atoms with Crippen LogP contribution in [0.1, 0.15) is 6.42 Å². The molecule has 2 N–H and O–H groups in total. The molecule has 2 aromatic carbocycles. The Morgan fingerprint density at radius 3 is 2.79 bits per heavy atom. The van der Waals surface area contributed by atoms with Crippen molar-refractivity contribution in [3.63, 3.8) is 0 Å². The number of nitrogens with one attached hydrogen (secondary N) is 2. The highest BCUT2D eigenvalue weighted by molar-refractivity contribution is 9.10. The minimum Gasteiger partial charge on any atom is -0.326 e. The molecule has 0 bridgehead atoms. The van der Waals surface area contributed by atoms with E-state index in [-0.39, 0.29) is 24.1 Å². The van der Waals surface area contributed by atoms with E-state index in [1.54, 1.807) is 29.2 Å². The average Bonchev–Trinajstić information content (AvgIpc) is 3.28. The lowest BCUT2D eigenvalue weighted by Gasteiger charge is -2.17. The molecule has 1 aliphatic heterocycles. The van der Waals surface area contributed by atoms with E-state index in [0.29, 0.717) is 17.8 Å². The van der Waals surface area contributed by atoms with Gasteiger partial charge in [-0.15, -0.1) is 0 Å². The molecule has 1 fully saturated rings. The molecule has 3 aromatic rings. The van der Waals surface area contributed by atoms with Crippen molar-refractivity contribution in [1.29, 1.82) is 0 Å². The number of benzene rings is 2. The third-order valence-corrected chi connectivity index (χ3v) is 4.95. The first-order valence-corrected chi connectivity index (χ1v) is 9.32. The number of rotatable bonds is 4. The second-order valence-corrected chi connectivity index (χ2v) is 7.31.